The lowest BCUT2D eigenvalue weighted by atomic mass is 9.99. The molecule has 1 unspecified atom stereocenters. The third kappa shape index (κ3) is 3.62. The van der Waals surface area contributed by atoms with Gasteiger partial charge in [-0.05, 0) is 38.7 Å². The van der Waals surface area contributed by atoms with E-state index in [0.717, 1.165) is 17.9 Å². The van der Waals surface area contributed by atoms with E-state index in [1.54, 1.807) is 12.1 Å². The van der Waals surface area contributed by atoms with Gasteiger partial charge in [-0.25, -0.2) is 0 Å². The van der Waals surface area contributed by atoms with E-state index in [1.807, 2.05) is 13.0 Å². The summed E-state index contributed by atoms with van der Waals surface area (Å²) < 4.78 is 0. The standard InChI is InChI=1S/C15H23N3O2/c1-3-16-13-8-14(10-15(9-13)18(19)20)17-11(2)12-6-4-5-7-12/h8-12,16-17H,3-7H2,1-2H3. The van der Waals surface area contributed by atoms with E-state index in [0.29, 0.717) is 12.0 Å². The second-order valence-corrected chi connectivity index (χ2v) is 5.53. The van der Waals surface area contributed by atoms with Crippen LogP contribution in [0.25, 0.3) is 0 Å². The third-order valence-corrected chi connectivity index (χ3v) is 4.01. The first-order chi connectivity index (χ1) is 9.60. The van der Waals surface area contributed by atoms with Gasteiger partial charge >= 0.3 is 0 Å². The highest BCUT2D eigenvalue weighted by molar-refractivity contribution is 5.63. The zero-order chi connectivity index (χ0) is 14.5. The maximum Gasteiger partial charge on any atom is 0.273 e. The number of nitrogens with zero attached hydrogens (tertiary/aromatic N) is 1. The molecule has 2 rings (SSSR count). The van der Waals surface area contributed by atoms with Crippen molar-refractivity contribution in [3.8, 4) is 0 Å². The van der Waals surface area contributed by atoms with Gasteiger partial charge in [-0.15, -0.1) is 0 Å². The number of nitro benzene ring substituents is 1. The minimum Gasteiger partial charge on any atom is -0.385 e. The van der Waals surface area contributed by atoms with E-state index in [-0.39, 0.29) is 10.6 Å². The van der Waals surface area contributed by atoms with E-state index in [9.17, 15) is 10.1 Å². The molecule has 0 bridgehead atoms. The Bertz CT molecular complexity index is 470. The molecule has 1 aromatic carbocycles. The second-order valence-electron chi connectivity index (χ2n) is 5.53. The van der Waals surface area contributed by atoms with Crippen LogP contribution in [0.4, 0.5) is 17.1 Å². The van der Waals surface area contributed by atoms with Crippen molar-refractivity contribution in [3.63, 3.8) is 0 Å². The number of anilines is 2. The average molecular weight is 277 g/mol. The van der Waals surface area contributed by atoms with Crippen LogP contribution in [0.2, 0.25) is 0 Å². The Morgan fingerprint density at radius 3 is 2.55 bits per heavy atom. The molecule has 5 heteroatoms. The average Bonchev–Trinajstić information content (AvgIpc) is 2.92. The highest BCUT2D eigenvalue weighted by Gasteiger charge is 2.22. The van der Waals surface area contributed by atoms with Crippen molar-refractivity contribution in [3.05, 3.63) is 28.3 Å². The first kappa shape index (κ1) is 14.6. The Labute approximate surface area is 119 Å². The molecule has 1 aliphatic rings. The van der Waals surface area contributed by atoms with Crippen molar-refractivity contribution < 1.29 is 4.92 Å². The zero-order valence-corrected chi connectivity index (χ0v) is 12.2. The van der Waals surface area contributed by atoms with Gasteiger partial charge in [0.2, 0.25) is 0 Å². The topological polar surface area (TPSA) is 67.2 Å². The first-order valence-corrected chi connectivity index (χ1v) is 7.40. The summed E-state index contributed by atoms with van der Waals surface area (Å²) >= 11 is 0. The fraction of sp³-hybridized carbons (Fsp3) is 0.600. The van der Waals surface area contributed by atoms with Gasteiger partial charge in [0.05, 0.1) is 4.92 Å². The van der Waals surface area contributed by atoms with E-state index < -0.39 is 0 Å². The lowest BCUT2D eigenvalue weighted by molar-refractivity contribution is -0.384. The summed E-state index contributed by atoms with van der Waals surface area (Å²) in [6.45, 7) is 4.90. The van der Waals surface area contributed by atoms with Crippen LogP contribution in [0, 0.1) is 16.0 Å². The molecule has 1 fully saturated rings. The molecule has 0 aromatic heterocycles. The van der Waals surface area contributed by atoms with E-state index in [4.69, 9.17) is 0 Å². The van der Waals surface area contributed by atoms with Gasteiger partial charge in [-0.3, -0.25) is 10.1 Å². The molecular formula is C15H23N3O2. The number of rotatable bonds is 6. The minimum absolute atomic E-state index is 0.129. The molecule has 0 spiro atoms. The highest BCUT2D eigenvalue weighted by Crippen LogP contribution is 2.31. The van der Waals surface area contributed by atoms with Crippen molar-refractivity contribution in [1.82, 2.24) is 0 Å². The molecule has 0 saturated heterocycles. The molecule has 20 heavy (non-hydrogen) atoms. The van der Waals surface area contributed by atoms with Gasteiger partial charge in [0.1, 0.15) is 0 Å². The first-order valence-electron chi connectivity index (χ1n) is 7.40. The quantitative estimate of drug-likeness (QED) is 0.609. The van der Waals surface area contributed by atoms with Crippen LogP contribution in [-0.4, -0.2) is 17.5 Å². The molecular weight excluding hydrogens is 254 g/mol. The molecule has 1 atom stereocenters. The van der Waals surface area contributed by atoms with E-state index in [2.05, 4.69) is 17.6 Å². The van der Waals surface area contributed by atoms with Crippen LogP contribution in [0.3, 0.4) is 0 Å². The Kier molecular flexibility index (Phi) is 4.82. The summed E-state index contributed by atoms with van der Waals surface area (Å²) in [5.41, 5.74) is 1.75. The predicted molar refractivity (Wildman–Crippen MR) is 82.3 cm³/mol. The molecule has 1 saturated carbocycles. The molecule has 0 heterocycles. The van der Waals surface area contributed by atoms with Gasteiger partial charge < -0.3 is 10.6 Å². The van der Waals surface area contributed by atoms with Crippen LogP contribution >= 0.6 is 0 Å². The van der Waals surface area contributed by atoms with Crippen molar-refractivity contribution >= 4 is 17.1 Å². The lowest BCUT2D eigenvalue weighted by Crippen LogP contribution is -2.23. The molecule has 1 aliphatic carbocycles. The normalized spacial score (nSPS) is 16.9. The number of hydrogen-bond acceptors (Lipinski definition) is 4. The Hall–Kier alpha value is -1.78. The molecule has 1 aromatic rings. The monoisotopic (exact) mass is 277 g/mol. The van der Waals surface area contributed by atoms with Crippen LogP contribution in [0.5, 0.6) is 0 Å². The third-order valence-electron chi connectivity index (χ3n) is 4.01. The summed E-state index contributed by atoms with van der Waals surface area (Å²) in [4.78, 5) is 10.7. The summed E-state index contributed by atoms with van der Waals surface area (Å²) in [5, 5.41) is 17.6. The maximum absolute atomic E-state index is 11.0. The molecule has 5 nitrogen and oxygen atoms in total. The number of nitrogens with one attached hydrogen (secondary N) is 2. The molecule has 0 amide bonds. The molecule has 2 N–H and O–H groups in total. The molecule has 0 radical (unpaired) electrons. The fourth-order valence-corrected chi connectivity index (χ4v) is 2.94. The number of hydrogen-bond donors (Lipinski definition) is 2. The summed E-state index contributed by atoms with van der Waals surface area (Å²) in [5.74, 6) is 0.678. The minimum atomic E-state index is -0.341. The van der Waals surface area contributed by atoms with Gasteiger partial charge in [0.25, 0.3) is 5.69 Å². The molecule has 110 valence electrons. The summed E-state index contributed by atoms with van der Waals surface area (Å²) in [7, 11) is 0. The van der Waals surface area contributed by atoms with Crippen molar-refractivity contribution in [2.75, 3.05) is 17.2 Å². The number of benzene rings is 1. The second kappa shape index (κ2) is 6.59. The Morgan fingerprint density at radius 2 is 1.95 bits per heavy atom. The van der Waals surface area contributed by atoms with Crippen LogP contribution in [0.1, 0.15) is 39.5 Å². The largest absolute Gasteiger partial charge is 0.385 e. The van der Waals surface area contributed by atoms with Gasteiger partial charge in [-0.1, -0.05) is 12.8 Å². The van der Waals surface area contributed by atoms with Crippen LogP contribution in [0.15, 0.2) is 18.2 Å². The van der Waals surface area contributed by atoms with Crippen molar-refractivity contribution in [2.45, 2.75) is 45.6 Å². The fourth-order valence-electron chi connectivity index (χ4n) is 2.94. The smallest absolute Gasteiger partial charge is 0.273 e. The molecule has 0 aliphatic heterocycles. The lowest BCUT2D eigenvalue weighted by Gasteiger charge is -2.22. The number of non-ortho nitro benzene ring substituents is 1. The van der Waals surface area contributed by atoms with Crippen molar-refractivity contribution in [1.29, 1.82) is 0 Å². The van der Waals surface area contributed by atoms with E-state index in [1.165, 1.54) is 25.7 Å². The van der Waals surface area contributed by atoms with Gasteiger partial charge in [-0.2, -0.15) is 0 Å². The predicted octanol–water partition coefficient (Wildman–Crippen LogP) is 4.02. The summed E-state index contributed by atoms with van der Waals surface area (Å²) in [6, 6.07) is 5.50. The summed E-state index contributed by atoms with van der Waals surface area (Å²) in [6.07, 6.45) is 5.11. The Morgan fingerprint density at radius 1 is 1.30 bits per heavy atom. The Balaban J connectivity index is 2.14. The van der Waals surface area contributed by atoms with Crippen LogP contribution < -0.4 is 10.6 Å². The highest BCUT2D eigenvalue weighted by atomic mass is 16.6. The van der Waals surface area contributed by atoms with Crippen molar-refractivity contribution in [2.24, 2.45) is 5.92 Å². The zero-order valence-electron chi connectivity index (χ0n) is 12.2. The number of nitro groups is 1. The maximum atomic E-state index is 11.0. The van der Waals surface area contributed by atoms with Crippen LogP contribution in [-0.2, 0) is 0 Å². The van der Waals surface area contributed by atoms with Gasteiger partial charge in [0.15, 0.2) is 0 Å². The SMILES string of the molecule is CCNc1cc(NC(C)C2CCCC2)cc([N+](=O)[O-])c1. The van der Waals surface area contributed by atoms with Gasteiger partial charge in [0, 0.05) is 36.1 Å². The van der Waals surface area contributed by atoms with E-state index >= 15 is 0 Å².